The number of non-ortho nitro benzene ring substituents is 1. The lowest BCUT2D eigenvalue weighted by Gasteiger charge is -2.36. The van der Waals surface area contributed by atoms with E-state index in [1.165, 1.54) is 24.4 Å². The smallest absolute Gasteiger partial charge is 0.341 e. The normalized spacial score (nSPS) is 15.7. The quantitative estimate of drug-likeness (QED) is 0.200. The summed E-state index contributed by atoms with van der Waals surface area (Å²) in [6.07, 6.45) is 3.17. The molecular weight excluding hydrogens is 567 g/mol. The third kappa shape index (κ3) is 5.06. The number of nitrogens with zero attached hydrogens (tertiary/aromatic N) is 6. The molecule has 3 aromatic carbocycles. The van der Waals surface area contributed by atoms with Crippen LogP contribution >= 0.6 is 0 Å². The Hall–Kier alpha value is -5.10. The molecule has 3 heterocycles. The van der Waals surface area contributed by atoms with Gasteiger partial charge in [-0.1, -0.05) is 24.3 Å². The number of nitro benzene ring substituents is 1. The number of hydrogen-bond donors (Lipinski definition) is 1. The van der Waals surface area contributed by atoms with Crippen LogP contribution in [-0.4, -0.2) is 61.2 Å². The van der Waals surface area contributed by atoms with E-state index in [4.69, 9.17) is 4.98 Å². The zero-order chi connectivity index (χ0) is 30.5. The third-order valence-corrected chi connectivity index (χ3v) is 8.57. The number of pyridine rings is 1. The molecule has 0 atom stereocenters. The Kier molecular flexibility index (Phi) is 6.85. The molecule has 44 heavy (non-hydrogen) atoms. The maximum Gasteiger partial charge on any atom is 0.341 e. The molecule has 12 heteroatoms. The Labute approximate surface area is 250 Å². The van der Waals surface area contributed by atoms with Crippen LogP contribution in [-0.2, 0) is 13.1 Å². The minimum absolute atomic E-state index is 0.0472. The predicted octanol–water partition coefficient (Wildman–Crippen LogP) is 4.80. The first-order valence-electron chi connectivity index (χ1n) is 14.5. The fourth-order valence-corrected chi connectivity index (χ4v) is 6.08. The van der Waals surface area contributed by atoms with E-state index in [9.17, 15) is 24.8 Å². The number of hydrogen-bond acceptors (Lipinski definition) is 7. The minimum atomic E-state index is -1.31. The maximum absolute atomic E-state index is 15.5. The van der Waals surface area contributed by atoms with Gasteiger partial charge in [0.15, 0.2) is 0 Å². The number of anilines is 1. The van der Waals surface area contributed by atoms with E-state index < -0.39 is 22.1 Å². The van der Waals surface area contributed by atoms with Crippen LogP contribution in [0, 0.1) is 15.9 Å². The Morgan fingerprint density at radius 2 is 1.73 bits per heavy atom. The van der Waals surface area contributed by atoms with E-state index in [2.05, 4.69) is 9.47 Å². The highest BCUT2D eigenvalue weighted by atomic mass is 19.1. The fraction of sp³-hybridized carbons (Fsp3) is 0.281. The molecule has 1 N–H and O–H groups in total. The fourth-order valence-electron chi connectivity index (χ4n) is 6.08. The summed E-state index contributed by atoms with van der Waals surface area (Å²) in [6.45, 7) is 3.53. The van der Waals surface area contributed by atoms with Crippen LogP contribution < -0.4 is 10.3 Å². The van der Waals surface area contributed by atoms with Crippen molar-refractivity contribution < 1.29 is 19.2 Å². The van der Waals surface area contributed by atoms with Gasteiger partial charge in [-0.15, -0.1) is 0 Å². The molecule has 2 fully saturated rings. The average Bonchev–Trinajstić information content (AvgIpc) is 3.81. The van der Waals surface area contributed by atoms with E-state index in [0.29, 0.717) is 50.5 Å². The molecule has 0 radical (unpaired) electrons. The maximum atomic E-state index is 15.5. The van der Waals surface area contributed by atoms with E-state index in [1.54, 1.807) is 18.2 Å². The summed E-state index contributed by atoms with van der Waals surface area (Å²) >= 11 is 0. The summed E-state index contributed by atoms with van der Waals surface area (Å²) in [6, 6.07) is 17.4. The molecule has 224 valence electrons. The van der Waals surface area contributed by atoms with Crippen LogP contribution in [0.3, 0.4) is 0 Å². The lowest BCUT2D eigenvalue weighted by molar-refractivity contribution is -0.384. The van der Waals surface area contributed by atoms with E-state index in [0.717, 1.165) is 35.3 Å². The molecule has 0 spiro atoms. The van der Waals surface area contributed by atoms with E-state index in [-0.39, 0.29) is 22.7 Å². The van der Waals surface area contributed by atoms with Crippen LogP contribution in [0.1, 0.15) is 40.6 Å². The Morgan fingerprint density at radius 3 is 2.41 bits per heavy atom. The molecule has 2 aromatic heterocycles. The van der Waals surface area contributed by atoms with Crippen molar-refractivity contribution in [2.24, 2.45) is 0 Å². The van der Waals surface area contributed by atoms with Gasteiger partial charge in [0.1, 0.15) is 17.2 Å². The van der Waals surface area contributed by atoms with Gasteiger partial charge in [-0.2, -0.15) is 0 Å². The third-order valence-electron chi connectivity index (χ3n) is 8.57. The van der Waals surface area contributed by atoms with Crippen molar-refractivity contribution in [2.45, 2.75) is 32.0 Å². The van der Waals surface area contributed by atoms with E-state index in [1.807, 2.05) is 33.7 Å². The number of aromatic carboxylic acids is 1. The van der Waals surface area contributed by atoms with Gasteiger partial charge in [0.25, 0.3) is 5.69 Å². The Bertz CT molecular complexity index is 1990. The van der Waals surface area contributed by atoms with Gasteiger partial charge >= 0.3 is 5.97 Å². The van der Waals surface area contributed by atoms with Gasteiger partial charge in [0.2, 0.25) is 5.43 Å². The number of para-hydroxylation sites is 2. The number of rotatable bonds is 8. The summed E-state index contributed by atoms with van der Waals surface area (Å²) in [4.78, 5) is 44.3. The molecule has 1 aliphatic heterocycles. The largest absolute Gasteiger partial charge is 0.477 e. The van der Waals surface area contributed by atoms with Crippen molar-refractivity contribution in [1.82, 2.24) is 19.0 Å². The van der Waals surface area contributed by atoms with Crippen LogP contribution in [0.25, 0.3) is 21.9 Å². The van der Waals surface area contributed by atoms with Gasteiger partial charge in [-0.25, -0.2) is 14.2 Å². The number of nitro groups is 1. The van der Waals surface area contributed by atoms with Crippen molar-refractivity contribution in [3.63, 3.8) is 0 Å². The highest BCUT2D eigenvalue weighted by molar-refractivity contribution is 5.93. The zero-order valence-electron chi connectivity index (χ0n) is 23.7. The number of imidazole rings is 1. The van der Waals surface area contributed by atoms with Crippen LogP contribution in [0.15, 0.2) is 71.7 Å². The molecule has 11 nitrogen and oxygen atoms in total. The van der Waals surface area contributed by atoms with Gasteiger partial charge < -0.3 is 19.1 Å². The summed E-state index contributed by atoms with van der Waals surface area (Å²) in [7, 11) is 0. The number of carboxylic acids is 1. The van der Waals surface area contributed by atoms with Crippen LogP contribution in [0.4, 0.5) is 15.8 Å². The average molecular weight is 597 g/mol. The first-order valence-corrected chi connectivity index (χ1v) is 14.5. The molecule has 0 unspecified atom stereocenters. The zero-order valence-corrected chi connectivity index (χ0v) is 23.7. The summed E-state index contributed by atoms with van der Waals surface area (Å²) in [5, 5.41) is 20.7. The molecule has 1 saturated heterocycles. The highest BCUT2D eigenvalue weighted by Gasteiger charge is 2.29. The lowest BCUT2D eigenvalue weighted by Crippen LogP contribution is -2.46. The molecular formula is C32H29FN6O5. The van der Waals surface area contributed by atoms with E-state index >= 15 is 4.39 Å². The van der Waals surface area contributed by atoms with Gasteiger partial charge in [0, 0.05) is 62.5 Å². The van der Waals surface area contributed by atoms with Gasteiger partial charge in [-0.05, 0) is 42.7 Å². The van der Waals surface area contributed by atoms with Crippen molar-refractivity contribution in [3.05, 3.63) is 110 Å². The lowest BCUT2D eigenvalue weighted by atomic mass is 10.1. The van der Waals surface area contributed by atoms with Gasteiger partial charge in [-0.3, -0.25) is 19.8 Å². The number of carbonyl (C=O) groups is 1. The Morgan fingerprint density at radius 1 is 1.00 bits per heavy atom. The second-order valence-electron chi connectivity index (χ2n) is 11.4. The minimum Gasteiger partial charge on any atom is -0.477 e. The van der Waals surface area contributed by atoms with Crippen LogP contribution in [0.5, 0.6) is 0 Å². The monoisotopic (exact) mass is 596 g/mol. The summed E-state index contributed by atoms with van der Waals surface area (Å²) in [5.74, 6) is -0.983. The number of halogens is 1. The summed E-state index contributed by atoms with van der Waals surface area (Å²) < 4.78 is 19.4. The topological polar surface area (TPSA) is 127 Å². The molecule has 5 aromatic rings. The first-order chi connectivity index (χ1) is 21.3. The van der Waals surface area contributed by atoms with Crippen LogP contribution in [0.2, 0.25) is 0 Å². The van der Waals surface area contributed by atoms with Crippen molar-refractivity contribution >= 4 is 39.3 Å². The second kappa shape index (κ2) is 10.9. The number of carboxylic acid groups (broad SMARTS) is 1. The summed E-state index contributed by atoms with van der Waals surface area (Å²) in [5.41, 5.74) is 2.77. The molecule has 2 aliphatic rings. The Balaban J connectivity index is 1.12. The number of fused-ring (bicyclic) bond motifs is 2. The van der Waals surface area contributed by atoms with Crippen molar-refractivity contribution in [2.75, 3.05) is 31.1 Å². The van der Waals surface area contributed by atoms with Crippen molar-refractivity contribution in [1.29, 1.82) is 0 Å². The predicted molar refractivity (Wildman–Crippen MR) is 163 cm³/mol. The highest BCUT2D eigenvalue weighted by Crippen LogP contribution is 2.38. The number of piperazine rings is 1. The SMILES string of the molecule is O=C(O)c1cn(C2CC2)c2cc(N3CCN(Cc4nc5ccccc5n4Cc4ccc([N+](=O)[O-])cc4)CC3)c(F)cc2c1=O. The standard InChI is InChI=1S/C32H29FN6O5/c33-25-15-23-28(37(21-9-10-21)18-24(31(23)40)32(41)42)16-29(25)36-13-11-35(12-14-36)19-30-34-26-3-1-2-4-27(26)38(30)17-20-5-7-22(8-6-20)39(43)44/h1-8,15-16,18,21H,9-14,17,19H2,(H,41,42). The number of benzene rings is 3. The first kappa shape index (κ1) is 27.7. The molecule has 1 aliphatic carbocycles. The molecule has 1 saturated carbocycles. The van der Waals surface area contributed by atoms with Crippen molar-refractivity contribution in [3.8, 4) is 0 Å². The molecule has 7 rings (SSSR count). The molecule has 0 bridgehead atoms. The second-order valence-corrected chi connectivity index (χ2v) is 11.4. The molecule has 0 amide bonds. The van der Waals surface area contributed by atoms with Gasteiger partial charge in [0.05, 0.1) is 33.7 Å². The number of aromatic nitrogens is 3.